The maximum absolute atomic E-state index is 11.2. The summed E-state index contributed by atoms with van der Waals surface area (Å²) in [6, 6.07) is 4.37. The molecule has 2 N–H and O–H groups in total. The molecule has 1 fully saturated rings. The number of hydrogen-bond donors (Lipinski definition) is 2. The number of ether oxygens (including phenoxy) is 1. The lowest BCUT2D eigenvalue weighted by Crippen LogP contribution is -2.47. The van der Waals surface area contributed by atoms with Crippen molar-refractivity contribution in [2.24, 2.45) is 0 Å². The van der Waals surface area contributed by atoms with Gasteiger partial charge in [0.15, 0.2) is 0 Å². The fourth-order valence-electron chi connectivity index (χ4n) is 2.31. The van der Waals surface area contributed by atoms with Crippen LogP contribution in [0.4, 0.5) is 11.4 Å². The Hall–Kier alpha value is -1.70. The molecule has 1 aliphatic rings. The van der Waals surface area contributed by atoms with E-state index in [9.17, 15) is 20.3 Å². The topological polar surface area (TPSA) is 96.1 Å². The molecule has 1 aromatic rings. The molecule has 110 valence electrons. The number of anilines is 1. The predicted octanol–water partition coefficient (Wildman–Crippen LogP) is 0.846. The lowest BCUT2D eigenvalue weighted by molar-refractivity contribution is -0.384. The summed E-state index contributed by atoms with van der Waals surface area (Å²) in [6.07, 6.45) is -0.763. The van der Waals surface area contributed by atoms with Crippen LogP contribution in [0.3, 0.4) is 0 Å². The minimum absolute atomic E-state index is 0.0660. The Bertz CT molecular complexity index is 492. The van der Waals surface area contributed by atoms with E-state index < -0.39 is 11.0 Å². The van der Waals surface area contributed by atoms with E-state index in [0.29, 0.717) is 31.0 Å². The summed E-state index contributed by atoms with van der Waals surface area (Å²) < 4.78 is 5.28. The molecule has 2 atom stereocenters. The van der Waals surface area contributed by atoms with E-state index in [1.807, 2.05) is 0 Å². The highest BCUT2D eigenvalue weighted by molar-refractivity contribution is 5.65. The van der Waals surface area contributed by atoms with Crippen LogP contribution < -0.4 is 4.90 Å². The zero-order valence-corrected chi connectivity index (χ0v) is 11.2. The zero-order valence-electron chi connectivity index (χ0n) is 11.2. The maximum atomic E-state index is 11.2. The van der Waals surface area contributed by atoms with E-state index in [2.05, 4.69) is 0 Å². The number of benzene rings is 1. The molecular formula is C13H18N2O5. The van der Waals surface area contributed by atoms with Crippen molar-refractivity contribution in [2.75, 3.05) is 31.3 Å². The highest BCUT2D eigenvalue weighted by Gasteiger charge is 2.28. The second kappa shape index (κ2) is 6.17. The van der Waals surface area contributed by atoms with Crippen LogP contribution in [-0.4, -0.2) is 47.5 Å². The molecule has 1 heterocycles. The molecule has 7 heteroatoms. The number of nitro groups is 1. The summed E-state index contributed by atoms with van der Waals surface area (Å²) in [5, 5.41) is 30.1. The van der Waals surface area contributed by atoms with Crippen molar-refractivity contribution < 1.29 is 19.9 Å². The van der Waals surface area contributed by atoms with Gasteiger partial charge < -0.3 is 19.8 Å². The molecule has 0 amide bonds. The first-order valence-electron chi connectivity index (χ1n) is 6.46. The Morgan fingerprint density at radius 1 is 1.60 bits per heavy atom. The van der Waals surface area contributed by atoms with Gasteiger partial charge in [0.2, 0.25) is 0 Å². The van der Waals surface area contributed by atoms with Crippen LogP contribution in [0, 0.1) is 10.1 Å². The number of hydrogen-bond acceptors (Lipinski definition) is 6. The third-order valence-electron chi connectivity index (χ3n) is 3.43. The first-order valence-corrected chi connectivity index (χ1v) is 6.46. The van der Waals surface area contributed by atoms with Crippen molar-refractivity contribution in [3.8, 4) is 0 Å². The van der Waals surface area contributed by atoms with Crippen LogP contribution >= 0.6 is 0 Å². The predicted molar refractivity (Wildman–Crippen MR) is 72.8 cm³/mol. The second-order valence-corrected chi connectivity index (χ2v) is 4.79. The van der Waals surface area contributed by atoms with E-state index >= 15 is 0 Å². The van der Waals surface area contributed by atoms with Gasteiger partial charge in [-0.05, 0) is 18.6 Å². The molecule has 0 aromatic heterocycles. The molecular weight excluding hydrogens is 264 g/mol. The number of aliphatic hydroxyl groups is 2. The molecule has 0 saturated carbocycles. The number of rotatable bonds is 4. The third kappa shape index (κ3) is 2.90. The minimum atomic E-state index is -0.763. The monoisotopic (exact) mass is 282 g/mol. The van der Waals surface area contributed by atoms with Gasteiger partial charge in [-0.1, -0.05) is 6.07 Å². The molecule has 1 unspecified atom stereocenters. The van der Waals surface area contributed by atoms with Gasteiger partial charge in [0, 0.05) is 12.6 Å². The fraction of sp³-hybridized carbons (Fsp3) is 0.538. The fourth-order valence-corrected chi connectivity index (χ4v) is 2.31. The van der Waals surface area contributed by atoms with Gasteiger partial charge in [0.05, 0.1) is 36.9 Å². The van der Waals surface area contributed by atoms with Crippen molar-refractivity contribution in [3.05, 3.63) is 33.9 Å². The SMILES string of the molecule is C[C@H](O)c1ccc(N2CCOCC2CO)c([N+](=O)[O-])c1. The Labute approximate surface area is 116 Å². The summed E-state index contributed by atoms with van der Waals surface area (Å²) in [4.78, 5) is 12.6. The third-order valence-corrected chi connectivity index (χ3v) is 3.43. The Balaban J connectivity index is 2.41. The van der Waals surface area contributed by atoms with E-state index in [1.165, 1.54) is 6.07 Å². The Morgan fingerprint density at radius 3 is 2.95 bits per heavy atom. The highest BCUT2D eigenvalue weighted by Crippen LogP contribution is 2.33. The van der Waals surface area contributed by atoms with Crippen LogP contribution in [0.1, 0.15) is 18.6 Å². The van der Waals surface area contributed by atoms with Crippen LogP contribution in [0.2, 0.25) is 0 Å². The molecule has 0 bridgehead atoms. The lowest BCUT2D eigenvalue weighted by atomic mass is 10.1. The Morgan fingerprint density at radius 2 is 2.35 bits per heavy atom. The van der Waals surface area contributed by atoms with Gasteiger partial charge >= 0.3 is 0 Å². The molecule has 0 spiro atoms. The van der Waals surface area contributed by atoms with Crippen molar-refractivity contribution in [2.45, 2.75) is 19.1 Å². The maximum Gasteiger partial charge on any atom is 0.292 e. The first kappa shape index (κ1) is 14.7. The van der Waals surface area contributed by atoms with E-state index in [-0.39, 0.29) is 18.3 Å². The van der Waals surface area contributed by atoms with Gasteiger partial charge in [-0.25, -0.2) is 0 Å². The van der Waals surface area contributed by atoms with Gasteiger partial charge in [0.25, 0.3) is 5.69 Å². The second-order valence-electron chi connectivity index (χ2n) is 4.79. The van der Waals surface area contributed by atoms with Gasteiger partial charge in [0.1, 0.15) is 5.69 Å². The molecule has 7 nitrogen and oxygen atoms in total. The summed E-state index contributed by atoms with van der Waals surface area (Å²) in [6.45, 7) is 2.72. The van der Waals surface area contributed by atoms with E-state index in [0.717, 1.165) is 0 Å². The van der Waals surface area contributed by atoms with Gasteiger partial charge in [-0.15, -0.1) is 0 Å². The van der Waals surface area contributed by atoms with Crippen molar-refractivity contribution in [3.63, 3.8) is 0 Å². The lowest BCUT2D eigenvalue weighted by Gasteiger charge is -2.36. The van der Waals surface area contributed by atoms with Crippen LogP contribution in [0.25, 0.3) is 0 Å². The number of aliphatic hydroxyl groups excluding tert-OH is 2. The minimum Gasteiger partial charge on any atom is -0.394 e. The van der Waals surface area contributed by atoms with Crippen molar-refractivity contribution in [1.82, 2.24) is 0 Å². The van der Waals surface area contributed by atoms with E-state index in [4.69, 9.17) is 4.74 Å². The van der Waals surface area contributed by atoms with Gasteiger partial charge in [-0.3, -0.25) is 10.1 Å². The van der Waals surface area contributed by atoms with Crippen molar-refractivity contribution in [1.29, 1.82) is 0 Å². The smallest absolute Gasteiger partial charge is 0.292 e. The quantitative estimate of drug-likeness (QED) is 0.627. The van der Waals surface area contributed by atoms with Crippen LogP contribution in [-0.2, 0) is 4.74 Å². The molecule has 1 saturated heterocycles. The van der Waals surface area contributed by atoms with E-state index in [1.54, 1.807) is 24.0 Å². The number of nitro benzene ring substituents is 1. The summed E-state index contributed by atoms with van der Waals surface area (Å²) in [7, 11) is 0. The molecule has 20 heavy (non-hydrogen) atoms. The zero-order chi connectivity index (χ0) is 14.7. The average Bonchev–Trinajstić information content (AvgIpc) is 2.46. The summed E-state index contributed by atoms with van der Waals surface area (Å²) in [5.74, 6) is 0. The first-order chi connectivity index (χ1) is 9.54. The molecule has 0 radical (unpaired) electrons. The normalized spacial score (nSPS) is 20.8. The number of morpholine rings is 1. The molecule has 2 rings (SSSR count). The molecule has 0 aliphatic carbocycles. The van der Waals surface area contributed by atoms with Crippen LogP contribution in [0.5, 0.6) is 0 Å². The summed E-state index contributed by atoms with van der Waals surface area (Å²) in [5.41, 5.74) is 0.875. The average molecular weight is 282 g/mol. The van der Waals surface area contributed by atoms with Crippen LogP contribution in [0.15, 0.2) is 18.2 Å². The largest absolute Gasteiger partial charge is 0.394 e. The number of nitrogens with zero attached hydrogens (tertiary/aromatic N) is 2. The highest BCUT2D eigenvalue weighted by atomic mass is 16.6. The standard InChI is InChI=1S/C13H18N2O5/c1-9(17)10-2-3-12(13(6-10)15(18)19)14-4-5-20-8-11(14)7-16/h2-3,6,9,11,16-17H,4-5,7-8H2,1H3/t9-,11?/m0/s1. The molecule has 1 aliphatic heterocycles. The van der Waals surface area contributed by atoms with Gasteiger partial charge in [-0.2, -0.15) is 0 Å². The Kier molecular flexibility index (Phi) is 4.53. The van der Waals surface area contributed by atoms with Crippen molar-refractivity contribution >= 4 is 11.4 Å². The molecule has 1 aromatic carbocycles. The summed E-state index contributed by atoms with van der Waals surface area (Å²) >= 11 is 0.